The van der Waals surface area contributed by atoms with Crippen molar-refractivity contribution in [1.29, 1.82) is 0 Å². The number of anilines is 3. The van der Waals surface area contributed by atoms with E-state index in [9.17, 15) is 0 Å². The molecule has 6 N–H and O–H groups in total. The van der Waals surface area contributed by atoms with Crippen LogP contribution in [0.15, 0.2) is 81.7 Å². The molecule has 0 fully saturated rings. The number of fused-ring (bicyclic) bond motifs is 2. The average Bonchev–Trinajstić information content (AvgIpc) is 2.96. The van der Waals surface area contributed by atoms with Crippen LogP contribution in [0, 0.1) is 6.92 Å². The minimum absolute atomic E-state index is 0.673. The summed E-state index contributed by atoms with van der Waals surface area (Å²) in [7, 11) is 0. The van der Waals surface area contributed by atoms with Crippen LogP contribution < -0.4 is 17.2 Å². The predicted octanol–water partition coefficient (Wildman–Crippen LogP) is 7.07. The highest BCUT2D eigenvalue weighted by atomic mass is 79.9. The molecule has 2 heterocycles. The Kier molecular flexibility index (Phi) is 9.16. The Bertz CT molecular complexity index is 1360. The molecule has 4 aromatic carbocycles. The molecule has 0 aromatic heterocycles. The average molecular weight is 664 g/mol. The molecule has 208 valence electrons. The molecule has 0 saturated heterocycles. The number of aryl methyl sites for hydroxylation is 1. The van der Waals surface area contributed by atoms with Gasteiger partial charge in [-0.15, -0.1) is 0 Å². The summed E-state index contributed by atoms with van der Waals surface area (Å²) < 4.78 is 2.26. The van der Waals surface area contributed by atoms with Gasteiger partial charge in [-0.1, -0.05) is 92.5 Å². The third-order valence-corrected chi connectivity index (χ3v) is 9.35. The van der Waals surface area contributed by atoms with Crippen molar-refractivity contribution in [3.8, 4) is 0 Å². The minimum Gasteiger partial charge on any atom is -0.398 e. The first-order valence-corrected chi connectivity index (χ1v) is 15.3. The van der Waals surface area contributed by atoms with E-state index in [4.69, 9.17) is 17.2 Å². The van der Waals surface area contributed by atoms with Gasteiger partial charge in [-0.2, -0.15) is 0 Å². The van der Waals surface area contributed by atoms with Crippen molar-refractivity contribution in [3.05, 3.63) is 121 Å². The minimum atomic E-state index is 0.673. The van der Waals surface area contributed by atoms with E-state index in [0.29, 0.717) is 5.69 Å². The topological polar surface area (TPSA) is 84.5 Å². The standard InChI is InChI=1S/C17H19BrN2.C16H18BrN3/c1-12-9-16(18)15-11-20(8-7-14(15)17(12)19)10-13-5-3-2-4-6-13;17-14-8-15(18)16(19)12-6-7-20(10-13(12)14)9-11-4-2-1-3-5-11/h2-6,9H,7-8,10-11,19H2,1H3;1-5,8H,6-7,9-10,18-19H2. The van der Waals surface area contributed by atoms with Crippen molar-refractivity contribution >= 4 is 48.9 Å². The lowest BCUT2D eigenvalue weighted by Crippen LogP contribution is -2.31. The van der Waals surface area contributed by atoms with Gasteiger partial charge in [0.25, 0.3) is 0 Å². The van der Waals surface area contributed by atoms with Gasteiger partial charge in [-0.25, -0.2) is 0 Å². The molecule has 0 atom stereocenters. The molecule has 0 spiro atoms. The molecule has 7 heteroatoms. The summed E-state index contributed by atoms with van der Waals surface area (Å²) in [6.07, 6.45) is 1.99. The van der Waals surface area contributed by atoms with E-state index in [1.165, 1.54) is 43.4 Å². The van der Waals surface area contributed by atoms with Gasteiger partial charge < -0.3 is 17.2 Å². The van der Waals surface area contributed by atoms with Gasteiger partial charge in [-0.05, 0) is 70.8 Å². The largest absolute Gasteiger partial charge is 0.398 e. The van der Waals surface area contributed by atoms with E-state index in [-0.39, 0.29) is 0 Å². The van der Waals surface area contributed by atoms with Crippen LogP contribution in [-0.4, -0.2) is 22.9 Å². The fourth-order valence-corrected chi connectivity index (χ4v) is 7.01. The molecule has 6 rings (SSSR count). The highest BCUT2D eigenvalue weighted by molar-refractivity contribution is 9.10. The number of hydrogen-bond donors (Lipinski definition) is 3. The SMILES string of the molecule is Cc1cc(Br)c2c(c1N)CCN(Cc1ccccc1)C2.Nc1cc(Br)c2c(c1N)CCN(Cc1ccccc1)C2. The van der Waals surface area contributed by atoms with Crippen molar-refractivity contribution in [3.63, 3.8) is 0 Å². The number of nitrogens with zero attached hydrogens (tertiary/aromatic N) is 2. The molecule has 0 radical (unpaired) electrons. The number of halogens is 2. The zero-order chi connectivity index (χ0) is 28.2. The van der Waals surface area contributed by atoms with Crippen LogP contribution in [0.25, 0.3) is 0 Å². The quantitative estimate of drug-likeness (QED) is 0.204. The van der Waals surface area contributed by atoms with E-state index in [2.05, 4.69) is 115 Å². The fourth-order valence-electron chi connectivity index (χ4n) is 5.69. The van der Waals surface area contributed by atoms with Crippen LogP contribution in [0.4, 0.5) is 17.1 Å². The summed E-state index contributed by atoms with van der Waals surface area (Å²) in [6.45, 7) is 8.02. The third kappa shape index (κ3) is 6.55. The molecule has 0 bridgehead atoms. The Morgan fingerprint density at radius 1 is 0.625 bits per heavy atom. The molecule has 0 amide bonds. The molecular weight excluding hydrogens is 626 g/mol. The number of benzene rings is 4. The second kappa shape index (κ2) is 12.8. The maximum Gasteiger partial charge on any atom is 0.0584 e. The summed E-state index contributed by atoms with van der Waals surface area (Å²) in [5.74, 6) is 0. The molecule has 4 aromatic rings. The Labute approximate surface area is 254 Å². The summed E-state index contributed by atoms with van der Waals surface area (Å²) in [6, 6.07) is 25.3. The Morgan fingerprint density at radius 2 is 1.07 bits per heavy atom. The maximum atomic E-state index is 6.23. The first-order chi connectivity index (χ1) is 19.3. The highest BCUT2D eigenvalue weighted by Crippen LogP contribution is 2.36. The van der Waals surface area contributed by atoms with Gasteiger partial charge in [0.05, 0.1) is 11.4 Å². The summed E-state index contributed by atoms with van der Waals surface area (Å²) >= 11 is 7.32. The zero-order valence-corrected chi connectivity index (χ0v) is 26.1. The molecule has 5 nitrogen and oxygen atoms in total. The molecule has 40 heavy (non-hydrogen) atoms. The molecule has 0 unspecified atom stereocenters. The molecular formula is C33H37Br2N5. The summed E-state index contributed by atoms with van der Waals surface area (Å²) in [4.78, 5) is 4.93. The lowest BCUT2D eigenvalue weighted by Gasteiger charge is -2.31. The predicted molar refractivity (Wildman–Crippen MR) is 175 cm³/mol. The van der Waals surface area contributed by atoms with E-state index in [0.717, 1.165) is 68.0 Å². The highest BCUT2D eigenvalue weighted by Gasteiger charge is 2.23. The first-order valence-electron chi connectivity index (χ1n) is 13.7. The number of hydrogen-bond acceptors (Lipinski definition) is 5. The number of rotatable bonds is 4. The summed E-state index contributed by atoms with van der Waals surface area (Å²) in [5, 5.41) is 0. The maximum absolute atomic E-state index is 6.23. The van der Waals surface area contributed by atoms with Crippen molar-refractivity contribution in [1.82, 2.24) is 9.80 Å². The zero-order valence-electron chi connectivity index (χ0n) is 23.0. The summed E-state index contributed by atoms with van der Waals surface area (Å²) in [5.41, 5.74) is 29.7. The van der Waals surface area contributed by atoms with Crippen LogP contribution in [0.5, 0.6) is 0 Å². The van der Waals surface area contributed by atoms with E-state index in [1.54, 1.807) is 0 Å². The van der Waals surface area contributed by atoms with Crippen LogP contribution >= 0.6 is 31.9 Å². The van der Waals surface area contributed by atoms with Gasteiger partial charge in [0, 0.05) is 53.9 Å². The van der Waals surface area contributed by atoms with E-state index in [1.807, 2.05) is 6.07 Å². The lowest BCUT2D eigenvalue weighted by atomic mass is 9.95. The molecule has 2 aliphatic heterocycles. The molecule has 2 aliphatic rings. The van der Waals surface area contributed by atoms with Crippen LogP contribution in [0.3, 0.4) is 0 Å². The second-order valence-corrected chi connectivity index (χ2v) is 12.5. The normalized spacial score (nSPS) is 15.1. The van der Waals surface area contributed by atoms with Crippen molar-refractivity contribution < 1.29 is 0 Å². The third-order valence-electron chi connectivity index (χ3n) is 7.93. The molecule has 0 aliphatic carbocycles. The smallest absolute Gasteiger partial charge is 0.0584 e. The first kappa shape index (κ1) is 28.7. The Balaban J connectivity index is 0.000000161. The molecule has 0 saturated carbocycles. The van der Waals surface area contributed by atoms with Gasteiger partial charge in [0.2, 0.25) is 0 Å². The van der Waals surface area contributed by atoms with E-state index >= 15 is 0 Å². The van der Waals surface area contributed by atoms with Crippen molar-refractivity contribution in [2.75, 3.05) is 30.3 Å². The van der Waals surface area contributed by atoms with Crippen LogP contribution in [0.2, 0.25) is 0 Å². The number of nitrogens with two attached hydrogens (primary N) is 3. The lowest BCUT2D eigenvalue weighted by molar-refractivity contribution is 0.245. The van der Waals surface area contributed by atoms with Crippen molar-refractivity contribution in [2.24, 2.45) is 0 Å². The Morgan fingerprint density at radius 3 is 1.57 bits per heavy atom. The second-order valence-electron chi connectivity index (χ2n) is 10.8. The van der Waals surface area contributed by atoms with Gasteiger partial charge in [-0.3, -0.25) is 9.80 Å². The van der Waals surface area contributed by atoms with Crippen molar-refractivity contribution in [2.45, 2.75) is 45.9 Å². The van der Waals surface area contributed by atoms with E-state index < -0.39 is 0 Å². The fraction of sp³-hybridized carbons (Fsp3) is 0.273. The number of nitrogen functional groups attached to an aromatic ring is 3. The van der Waals surface area contributed by atoms with Gasteiger partial charge in [0.1, 0.15) is 0 Å². The van der Waals surface area contributed by atoms with Crippen LogP contribution in [0.1, 0.15) is 38.9 Å². The van der Waals surface area contributed by atoms with Gasteiger partial charge >= 0.3 is 0 Å². The Hall–Kier alpha value is -2.84. The van der Waals surface area contributed by atoms with Gasteiger partial charge in [0.15, 0.2) is 0 Å². The van der Waals surface area contributed by atoms with Crippen LogP contribution in [-0.2, 0) is 39.0 Å². The monoisotopic (exact) mass is 661 g/mol.